The minimum atomic E-state index is -1.17. The van der Waals surface area contributed by atoms with Crippen molar-refractivity contribution in [2.24, 2.45) is 0 Å². The molecular weight excluding hydrogens is 266 g/mol. The van der Waals surface area contributed by atoms with Crippen LogP contribution in [0, 0.1) is 0 Å². The van der Waals surface area contributed by atoms with Gasteiger partial charge in [0.15, 0.2) is 0 Å². The lowest BCUT2D eigenvalue weighted by molar-refractivity contribution is -0.141. The third-order valence-electron chi connectivity index (χ3n) is 2.74. The van der Waals surface area contributed by atoms with E-state index in [-0.39, 0.29) is 25.4 Å². The molecule has 0 aromatic heterocycles. The maximum Gasteiger partial charge on any atom is 0.326 e. The summed E-state index contributed by atoms with van der Waals surface area (Å²) < 4.78 is 0. The average Bonchev–Trinajstić information content (AvgIpc) is 2.66. The largest absolute Gasteiger partial charge is 0.480 e. The van der Waals surface area contributed by atoms with Crippen molar-refractivity contribution in [3.63, 3.8) is 0 Å². The molecule has 0 aromatic rings. The van der Waals surface area contributed by atoms with Crippen LogP contribution in [0.5, 0.6) is 0 Å². The second kappa shape index (κ2) is 6.08. The van der Waals surface area contributed by atoms with Crippen molar-refractivity contribution in [2.45, 2.75) is 44.9 Å². The molecule has 0 spiro atoms. The Kier molecular flexibility index (Phi) is 4.93. The monoisotopic (exact) mass is 287 g/mol. The van der Waals surface area contributed by atoms with Crippen molar-refractivity contribution in [2.75, 3.05) is 13.1 Å². The van der Waals surface area contributed by atoms with Gasteiger partial charge in [0.05, 0.1) is 12.6 Å². The number of hydrogen-bond acceptors (Lipinski definition) is 4. The van der Waals surface area contributed by atoms with Gasteiger partial charge in [-0.15, -0.1) is 0 Å². The summed E-state index contributed by atoms with van der Waals surface area (Å²) in [7, 11) is 0. The summed E-state index contributed by atoms with van der Waals surface area (Å²) in [6.07, 6.45) is -0.859. The van der Waals surface area contributed by atoms with E-state index in [1.807, 2.05) is 20.8 Å². The molecule has 8 nitrogen and oxygen atoms in total. The van der Waals surface area contributed by atoms with E-state index in [9.17, 15) is 19.5 Å². The predicted octanol–water partition coefficient (Wildman–Crippen LogP) is -0.869. The number of rotatable bonds is 3. The van der Waals surface area contributed by atoms with Gasteiger partial charge in [-0.25, -0.2) is 9.59 Å². The number of aliphatic carboxylic acids is 1. The zero-order chi connectivity index (χ0) is 15.5. The van der Waals surface area contributed by atoms with E-state index < -0.39 is 29.7 Å². The minimum Gasteiger partial charge on any atom is -0.480 e. The van der Waals surface area contributed by atoms with Gasteiger partial charge in [0.1, 0.15) is 6.04 Å². The molecule has 1 saturated heterocycles. The van der Waals surface area contributed by atoms with E-state index in [1.54, 1.807) is 0 Å². The Labute approximate surface area is 117 Å². The van der Waals surface area contributed by atoms with Gasteiger partial charge >= 0.3 is 12.0 Å². The molecule has 0 unspecified atom stereocenters. The lowest BCUT2D eigenvalue weighted by Crippen LogP contribution is -2.50. The van der Waals surface area contributed by atoms with Crippen LogP contribution >= 0.6 is 0 Å². The van der Waals surface area contributed by atoms with E-state index in [2.05, 4.69) is 10.6 Å². The molecule has 0 aromatic carbocycles. The first-order chi connectivity index (χ1) is 9.10. The zero-order valence-electron chi connectivity index (χ0n) is 11.8. The molecule has 20 heavy (non-hydrogen) atoms. The SMILES string of the molecule is CC(C)(C)NC(=O)CNC(=O)N1C[C@H](O)C[C@H]1C(=O)O. The molecule has 4 N–H and O–H groups in total. The van der Waals surface area contributed by atoms with Crippen LogP contribution in [0.15, 0.2) is 0 Å². The summed E-state index contributed by atoms with van der Waals surface area (Å²) in [6, 6.07) is -1.73. The van der Waals surface area contributed by atoms with Gasteiger partial charge in [0, 0.05) is 18.5 Å². The third kappa shape index (κ3) is 4.69. The number of nitrogens with zero attached hydrogens (tertiary/aromatic N) is 1. The van der Waals surface area contributed by atoms with Gasteiger partial charge in [0.2, 0.25) is 5.91 Å². The van der Waals surface area contributed by atoms with Crippen molar-refractivity contribution in [3.8, 4) is 0 Å². The molecule has 3 amide bonds. The number of carbonyl (C=O) groups excluding carboxylic acids is 2. The number of β-amino-alcohol motifs (C(OH)–C–C–N with tert-alkyl or cyclic N) is 1. The minimum absolute atomic E-state index is 0.00303. The Hall–Kier alpha value is -1.83. The summed E-state index contributed by atoms with van der Waals surface area (Å²) in [5.41, 5.74) is -0.407. The first kappa shape index (κ1) is 16.2. The molecule has 1 rings (SSSR count). The van der Waals surface area contributed by atoms with E-state index in [0.29, 0.717) is 0 Å². The van der Waals surface area contributed by atoms with Crippen molar-refractivity contribution < 1.29 is 24.6 Å². The Morgan fingerprint density at radius 2 is 1.90 bits per heavy atom. The summed E-state index contributed by atoms with van der Waals surface area (Å²) in [5.74, 6) is -1.53. The van der Waals surface area contributed by atoms with Gasteiger partial charge in [-0.2, -0.15) is 0 Å². The summed E-state index contributed by atoms with van der Waals surface area (Å²) >= 11 is 0. The molecule has 0 bridgehead atoms. The Bertz CT molecular complexity index is 404. The first-order valence-electron chi connectivity index (χ1n) is 6.36. The highest BCUT2D eigenvalue weighted by molar-refractivity contribution is 5.87. The fourth-order valence-electron chi connectivity index (χ4n) is 1.99. The van der Waals surface area contributed by atoms with Crippen LogP contribution in [0.3, 0.4) is 0 Å². The maximum absolute atomic E-state index is 11.8. The van der Waals surface area contributed by atoms with Crippen molar-refractivity contribution in [1.29, 1.82) is 0 Å². The van der Waals surface area contributed by atoms with Gasteiger partial charge in [-0.3, -0.25) is 4.79 Å². The molecule has 0 saturated carbocycles. The van der Waals surface area contributed by atoms with Gasteiger partial charge in [-0.1, -0.05) is 0 Å². The van der Waals surface area contributed by atoms with Crippen LogP contribution in [0.1, 0.15) is 27.2 Å². The van der Waals surface area contributed by atoms with Gasteiger partial charge in [0.25, 0.3) is 0 Å². The van der Waals surface area contributed by atoms with Crippen molar-refractivity contribution in [3.05, 3.63) is 0 Å². The normalized spacial score (nSPS) is 22.5. The smallest absolute Gasteiger partial charge is 0.326 e. The van der Waals surface area contributed by atoms with E-state index in [0.717, 1.165) is 4.90 Å². The molecule has 8 heteroatoms. The highest BCUT2D eigenvalue weighted by Crippen LogP contribution is 2.17. The standard InChI is InChI=1S/C12H21N3O5/c1-12(2,3)14-9(17)5-13-11(20)15-6-7(16)4-8(15)10(18)19/h7-8,16H,4-6H2,1-3H3,(H,13,20)(H,14,17)(H,18,19)/t7-,8+/m1/s1. The van der Waals surface area contributed by atoms with Crippen LogP contribution in [-0.4, -0.2) is 63.8 Å². The zero-order valence-corrected chi connectivity index (χ0v) is 11.8. The molecule has 0 radical (unpaired) electrons. The summed E-state index contributed by atoms with van der Waals surface area (Å²) in [6.45, 7) is 5.14. The number of amides is 3. The number of likely N-dealkylation sites (tertiary alicyclic amines) is 1. The number of aliphatic hydroxyl groups is 1. The van der Waals surface area contributed by atoms with Gasteiger partial charge in [-0.05, 0) is 20.8 Å². The summed E-state index contributed by atoms with van der Waals surface area (Å²) in [5, 5.41) is 23.4. The number of carbonyl (C=O) groups is 3. The molecular formula is C12H21N3O5. The number of carboxylic acid groups (broad SMARTS) is 1. The van der Waals surface area contributed by atoms with Crippen LogP contribution < -0.4 is 10.6 Å². The lowest BCUT2D eigenvalue weighted by Gasteiger charge is -2.23. The van der Waals surface area contributed by atoms with Crippen LogP contribution in [0.4, 0.5) is 4.79 Å². The Morgan fingerprint density at radius 3 is 2.40 bits per heavy atom. The van der Waals surface area contributed by atoms with Crippen LogP contribution in [-0.2, 0) is 9.59 Å². The number of urea groups is 1. The van der Waals surface area contributed by atoms with E-state index in [1.165, 1.54) is 0 Å². The second-order valence-corrected chi connectivity index (χ2v) is 5.85. The fraction of sp³-hybridized carbons (Fsp3) is 0.750. The van der Waals surface area contributed by atoms with E-state index in [4.69, 9.17) is 5.11 Å². The highest BCUT2D eigenvalue weighted by Gasteiger charge is 2.39. The third-order valence-corrected chi connectivity index (χ3v) is 2.74. The Balaban J connectivity index is 2.50. The average molecular weight is 287 g/mol. The molecule has 0 aliphatic carbocycles. The highest BCUT2D eigenvalue weighted by atomic mass is 16.4. The quantitative estimate of drug-likeness (QED) is 0.538. The van der Waals surface area contributed by atoms with Crippen molar-refractivity contribution in [1.82, 2.24) is 15.5 Å². The predicted molar refractivity (Wildman–Crippen MR) is 70.0 cm³/mol. The summed E-state index contributed by atoms with van der Waals surface area (Å²) in [4.78, 5) is 35.4. The van der Waals surface area contributed by atoms with Crippen LogP contribution in [0.2, 0.25) is 0 Å². The maximum atomic E-state index is 11.8. The number of carboxylic acids is 1. The number of nitrogens with one attached hydrogen (secondary N) is 2. The number of hydrogen-bond donors (Lipinski definition) is 4. The lowest BCUT2D eigenvalue weighted by atomic mass is 10.1. The molecule has 114 valence electrons. The van der Waals surface area contributed by atoms with Gasteiger partial charge < -0.3 is 25.7 Å². The first-order valence-corrected chi connectivity index (χ1v) is 6.36. The molecule has 2 atom stereocenters. The topological polar surface area (TPSA) is 119 Å². The fourth-order valence-corrected chi connectivity index (χ4v) is 1.99. The van der Waals surface area contributed by atoms with Crippen molar-refractivity contribution >= 4 is 17.9 Å². The molecule has 1 aliphatic rings. The molecule has 1 aliphatic heterocycles. The van der Waals surface area contributed by atoms with Crippen LogP contribution in [0.25, 0.3) is 0 Å². The molecule has 1 fully saturated rings. The molecule has 1 heterocycles. The Morgan fingerprint density at radius 1 is 1.30 bits per heavy atom. The second-order valence-electron chi connectivity index (χ2n) is 5.85. The number of aliphatic hydroxyl groups excluding tert-OH is 1. The van der Waals surface area contributed by atoms with E-state index >= 15 is 0 Å².